The molecule has 1 aromatic carbocycles. The van der Waals surface area contributed by atoms with Crippen molar-refractivity contribution < 1.29 is 19.2 Å². The minimum absolute atomic E-state index is 0.173. The van der Waals surface area contributed by atoms with E-state index in [0.29, 0.717) is 18.5 Å². The van der Waals surface area contributed by atoms with Gasteiger partial charge in [0, 0.05) is 26.2 Å². The van der Waals surface area contributed by atoms with Gasteiger partial charge in [-0.1, -0.05) is 31.4 Å². The molecule has 8 heteroatoms. The third kappa shape index (κ3) is 3.85. The van der Waals surface area contributed by atoms with Gasteiger partial charge in [0.1, 0.15) is 12.1 Å². The van der Waals surface area contributed by atoms with Gasteiger partial charge >= 0.3 is 6.03 Å². The molecule has 1 saturated heterocycles. The third-order valence-electron chi connectivity index (χ3n) is 5.52. The fraction of sp³-hybridized carbons (Fsp3) is 0.500. The van der Waals surface area contributed by atoms with Crippen molar-refractivity contribution in [3.63, 3.8) is 0 Å². The van der Waals surface area contributed by atoms with Crippen molar-refractivity contribution in [3.05, 3.63) is 29.8 Å². The van der Waals surface area contributed by atoms with Crippen LogP contribution in [-0.2, 0) is 20.9 Å². The summed E-state index contributed by atoms with van der Waals surface area (Å²) in [6, 6.07) is 6.71. The Bertz CT molecular complexity index is 801. The smallest absolute Gasteiger partial charge is 0.327 e. The summed E-state index contributed by atoms with van der Waals surface area (Å²) in [6.45, 7) is 1.38. The zero-order chi connectivity index (χ0) is 20.3. The summed E-state index contributed by atoms with van der Waals surface area (Å²) in [5, 5.41) is 5.42. The Hall–Kier alpha value is -2.90. The molecule has 3 rings (SSSR count). The lowest BCUT2D eigenvalue weighted by Crippen LogP contribution is -2.49. The number of nitrogens with zero attached hydrogens (tertiary/aromatic N) is 2. The van der Waals surface area contributed by atoms with Crippen molar-refractivity contribution in [2.45, 2.75) is 51.1 Å². The molecule has 1 saturated carbocycles. The van der Waals surface area contributed by atoms with Crippen LogP contribution < -0.4 is 10.6 Å². The van der Waals surface area contributed by atoms with Crippen molar-refractivity contribution >= 4 is 29.4 Å². The van der Waals surface area contributed by atoms with Crippen LogP contribution in [0, 0.1) is 0 Å². The second-order valence-corrected chi connectivity index (χ2v) is 7.48. The predicted octanol–water partition coefficient (Wildman–Crippen LogP) is 1.86. The minimum atomic E-state index is -0.775. The fourth-order valence-electron chi connectivity index (χ4n) is 4.03. The van der Waals surface area contributed by atoms with Crippen molar-refractivity contribution in [1.82, 2.24) is 15.1 Å². The second kappa shape index (κ2) is 8.00. The van der Waals surface area contributed by atoms with Gasteiger partial charge in [0.15, 0.2) is 0 Å². The number of urea groups is 1. The van der Waals surface area contributed by atoms with Crippen molar-refractivity contribution in [2.24, 2.45) is 0 Å². The number of nitrogens with one attached hydrogen (secondary N) is 2. The van der Waals surface area contributed by atoms with E-state index in [1.54, 1.807) is 25.2 Å². The van der Waals surface area contributed by atoms with E-state index in [1.807, 2.05) is 6.07 Å². The average Bonchev–Trinajstić information content (AvgIpc) is 2.83. The van der Waals surface area contributed by atoms with Gasteiger partial charge < -0.3 is 15.5 Å². The monoisotopic (exact) mass is 386 g/mol. The Labute approximate surface area is 164 Å². The van der Waals surface area contributed by atoms with Crippen LogP contribution in [0.15, 0.2) is 24.3 Å². The van der Waals surface area contributed by atoms with Crippen molar-refractivity contribution in [3.8, 4) is 0 Å². The SMILES string of the molecule is CC(=O)Nc1cccc(CNC(=O)CN2C(=O)N(C)C3(CCCCC3)C2=O)c1. The first kappa shape index (κ1) is 19.9. The van der Waals surface area contributed by atoms with Gasteiger partial charge in [-0.15, -0.1) is 0 Å². The number of anilines is 1. The second-order valence-electron chi connectivity index (χ2n) is 7.48. The van der Waals surface area contributed by atoms with E-state index in [2.05, 4.69) is 10.6 Å². The van der Waals surface area contributed by atoms with E-state index in [-0.39, 0.29) is 24.9 Å². The van der Waals surface area contributed by atoms with Gasteiger partial charge in [0.05, 0.1) is 0 Å². The van der Waals surface area contributed by atoms with Crippen LogP contribution in [0.5, 0.6) is 0 Å². The topological polar surface area (TPSA) is 98.8 Å². The Morgan fingerprint density at radius 2 is 1.86 bits per heavy atom. The summed E-state index contributed by atoms with van der Waals surface area (Å²) < 4.78 is 0. The Kier molecular flexibility index (Phi) is 5.67. The normalized spacial score (nSPS) is 18.5. The molecule has 2 aliphatic rings. The van der Waals surface area contributed by atoms with E-state index in [0.717, 1.165) is 29.7 Å². The number of likely N-dealkylation sites (N-methyl/N-ethyl adjacent to an activating group) is 1. The van der Waals surface area contributed by atoms with E-state index in [9.17, 15) is 19.2 Å². The highest BCUT2D eigenvalue weighted by Gasteiger charge is 2.55. The van der Waals surface area contributed by atoms with Gasteiger partial charge in [-0.3, -0.25) is 19.3 Å². The molecule has 2 fully saturated rings. The molecule has 8 nitrogen and oxygen atoms in total. The molecule has 28 heavy (non-hydrogen) atoms. The number of carbonyl (C=O) groups excluding carboxylic acids is 4. The summed E-state index contributed by atoms with van der Waals surface area (Å²) in [4.78, 5) is 51.5. The molecule has 2 N–H and O–H groups in total. The molecule has 0 bridgehead atoms. The summed E-state index contributed by atoms with van der Waals surface area (Å²) in [6.07, 6.45) is 4.20. The minimum Gasteiger partial charge on any atom is -0.350 e. The summed E-state index contributed by atoms with van der Waals surface area (Å²) in [5.41, 5.74) is 0.673. The fourth-order valence-corrected chi connectivity index (χ4v) is 4.03. The Balaban J connectivity index is 1.60. The number of rotatable bonds is 5. The number of imide groups is 1. The quantitative estimate of drug-likeness (QED) is 0.755. The highest BCUT2D eigenvalue weighted by atomic mass is 16.2. The van der Waals surface area contributed by atoms with Gasteiger partial charge in [0.2, 0.25) is 11.8 Å². The standard InChI is InChI=1S/C20H26N4O4/c1-14(25)22-16-8-6-7-15(11-16)12-21-17(26)13-24-18(27)20(23(2)19(24)28)9-4-3-5-10-20/h6-8,11H,3-5,9-10,12-13H2,1-2H3,(H,21,26)(H,22,25). The molecule has 0 aromatic heterocycles. The maximum Gasteiger partial charge on any atom is 0.327 e. The summed E-state index contributed by atoms with van der Waals surface area (Å²) in [7, 11) is 1.65. The van der Waals surface area contributed by atoms with E-state index in [1.165, 1.54) is 11.8 Å². The van der Waals surface area contributed by atoms with Crippen LogP contribution in [0.25, 0.3) is 0 Å². The van der Waals surface area contributed by atoms with Gasteiger partial charge in [-0.2, -0.15) is 0 Å². The molecule has 0 unspecified atom stereocenters. The third-order valence-corrected chi connectivity index (χ3v) is 5.52. The maximum atomic E-state index is 12.9. The molecule has 5 amide bonds. The zero-order valence-electron chi connectivity index (χ0n) is 16.3. The molecule has 1 heterocycles. The zero-order valence-corrected chi connectivity index (χ0v) is 16.3. The number of amides is 5. The van der Waals surface area contributed by atoms with Gasteiger partial charge in [-0.05, 0) is 30.5 Å². The molecule has 1 aliphatic carbocycles. The molecule has 0 atom stereocenters. The first-order chi connectivity index (χ1) is 13.3. The van der Waals surface area contributed by atoms with Crippen molar-refractivity contribution in [2.75, 3.05) is 18.9 Å². The van der Waals surface area contributed by atoms with E-state index in [4.69, 9.17) is 0 Å². The summed E-state index contributed by atoms with van der Waals surface area (Å²) >= 11 is 0. The van der Waals surface area contributed by atoms with Crippen LogP contribution >= 0.6 is 0 Å². The lowest BCUT2D eigenvalue weighted by Gasteiger charge is -2.35. The Morgan fingerprint density at radius 1 is 1.14 bits per heavy atom. The lowest BCUT2D eigenvalue weighted by molar-refractivity contribution is -0.137. The van der Waals surface area contributed by atoms with Gasteiger partial charge in [0.25, 0.3) is 5.91 Å². The number of hydrogen-bond donors (Lipinski definition) is 2. The highest BCUT2D eigenvalue weighted by Crippen LogP contribution is 2.39. The molecule has 0 radical (unpaired) electrons. The molecule has 1 spiro atoms. The van der Waals surface area contributed by atoms with Crippen molar-refractivity contribution in [1.29, 1.82) is 0 Å². The average molecular weight is 386 g/mol. The van der Waals surface area contributed by atoms with Crippen LogP contribution in [0.2, 0.25) is 0 Å². The highest BCUT2D eigenvalue weighted by molar-refractivity contribution is 6.08. The first-order valence-corrected chi connectivity index (χ1v) is 9.56. The first-order valence-electron chi connectivity index (χ1n) is 9.56. The number of carbonyl (C=O) groups is 4. The maximum absolute atomic E-state index is 12.9. The lowest BCUT2D eigenvalue weighted by atomic mass is 9.81. The van der Waals surface area contributed by atoms with E-state index >= 15 is 0 Å². The van der Waals surface area contributed by atoms with E-state index < -0.39 is 17.5 Å². The number of benzene rings is 1. The number of hydrogen-bond acceptors (Lipinski definition) is 4. The van der Waals surface area contributed by atoms with Gasteiger partial charge in [-0.25, -0.2) is 4.79 Å². The molecular formula is C20H26N4O4. The van der Waals surface area contributed by atoms with Crippen LogP contribution in [0.1, 0.15) is 44.6 Å². The molecule has 1 aromatic rings. The van der Waals surface area contributed by atoms with Crippen LogP contribution in [0.4, 0.5) is 10.5 Å². The predicted molar refractivity (Wildman–Crippen MR) is 103 cm³/mol. The summed E-state index contributed by atoms with van der Waals surface area (Å²) in [5.74, 6) is -0.830. The largest absolute Gasteiger partial charge is 0.350 e. The molecule has 1 aliphatic heterocycles. The molecule has 150 valence electrons. The van der Waals surface area contributed by atoms with Crippen LogP contribution in [0.3, 0.4) is 0 Å². The Morgan fingerprint density at radius 3 is 2.54 bits per heavy atom. The molecular weight excluding hydrogens is 360 g/mol. The van der Waals surface area contributed by atoms with Crippen LogP contribution in [-0.4, -0.2) is 52.7 Å².